The third kappa shape index (κ3) is 6.80. The lowest BCUT2D eigenvalue weighted by Crippen LogP contribution is -2.45. The van der Waals surface area contributed by atoms with Crippen molar-refractivity contribution in [1.29, 1.82) is 0 Å². The first-order valence-electron chi connectivity index (χ1n) is 19.6. The predicted molar refractivity (Wildman–Crippen MR) is 210 cm³/mol. The number of carbonyl (C=O) groups is 3. The topological polar surface area (TPSA) is 121 Å². The van der Waals surface area contributed by atoms with Crippen molar-refractivity contribution < 1.29 is 28.3 Å². The Balaban J connectivity index is 1.11. The van der Waals surface area contributed by atoms with Crippen LogP contribution in [-0.4, -0.2) is 65.4 Å². The number of rotatable bonds is 10. The van der Waals surface area contributed by atoms with Crippen molar-refractivity contribution in [3.63, 3.8) is 0 Å². The molecule has 1 aromatic heterocycles. The van der Waals surface area contributed by atoms with Crippen molar-refractivity contribution in [3.05, 3.63) is 101 Å². The van der Waals surface area contributed by atoms with Gasteiger partial charge >= 0.3 is 0 Å². The highest BCUT2D eigenvalue weighted by Gasteiger charge is 2.66. The molecule has 0 saturated carbocycles. The molecular weight excluding hydrogens is 716 g/mol. The zero-order chi connectivity index (χ0) is 38.5. The number of hydrogen-bond acceptors (Lipinski definition) is 7. The predicted octanol–water partition coefficient (Wildman–Crippen LogP) is 6.81. The molecule has 3 amide bonds. The smallest absolute Gasteiger partial charge is 0.264 e. The van der Waals surface area contributed by atoms with Crippen molar-refractivity contribution in [1.82, 2.24) is 15.0 Å². The second-order valence-corrected chi connectivity index (χ2v) is 19.8. The first-order chi connectivity index (χ1) is 26.5. The lowest BCUT2D eigenvalue weighted by Gasteiger charge is -2.32. The number of aliphatic hydroxyl groups excluding tert-OH is 1. The molecule has 13 heteroatoms. The summed E-state index contributed by atoms with van der Waals surface area (Å²) in [5, 5.41) is 19.4. The van der Waals surface area contributed by atoms with Crippen molar-refractivity contribution in [2.75, 3.05) is 27.8 Å². The molecule has 4 aromatic rings. The van der Waals surface area contributed by atoms with Gasteiger partial charge in [-0.3, -0.25) is 19.1 Å². The minimum atomic E-state index is -3.45. The molecule has 0 unspecified atom stereocenters. The Kier molecular flexibility index (Phi) is 9.97. The summed E-state index contributed by atoms with van der Waals surface area (Å²) in [4.78, 5) is 46.2. The molecule has 4 aliphatic rings. The monoisotopic (exact) mass is 764 g/mol. The molecule has 3 fully saturated rings. The first-order valence-corrected chi connectivity index (χ1v) is 22.6. The van der Waals surface area contributed by atoms with Crippen LogP contribution in [0.4, 0.5) is 21.2 Å². The lowest BCUT2D eigenvalue weighted by molar-refractivity contribution is -0.146. The number of carbonyl (C=O) groups excluding carboxylic acids is 3. The first kappa shape index (κ1) is 37.2. The van der Waals surface area contributed by atoms with Crippen LogP contribution >= 0.6 is 0 Å². The van der Waals surface area contributed by atoms with E-state index in [-0.39, 0.29) is 24.3 Å². The highest BCUT2D eigenvalue weighted by Crippen LogP contribution is 2.61. The number of nitrogens with zero attached hydrogens (tertiary/aromatic N) is 6. The van der Waals surface area contributed by atoms with Gasteiger partial charge in [-0.25, -0.2) is 0 Å². The van der Waals surface area contributed by atoms with Gasteiger partial charge in [0.25, 0.3) is 5.91 Å². The van der Waals surface area contributed by atoms with Crippen LogP contribution in [0.2, 0.25) is 18.6 Å². The fraction of sp³-hybridized carbons (Fsp3) is 0.452. The third-order valence-corrected chi connectivity index (χ3v) is 14.5. The maximum atomic E-state index is 16.6. The second kappa shape index (κ2) is 14.7. The Morgan fingerprint density at radius 1 is 0.909 bits per heavy atom. The summed E-state index contributed by atoms with van der Waals surface area (Å²) in [6.45, 7) is 7.21. The minimum absolute atomic E-state index is 0.0479. The van der Waals surface area contributed by atoms with Gasteiger partial charge in [-0.1, -0.05) is 54.6 Å². The molecule has 3 saturated heterocycles. The van der Waals surface area contributed by atoms with Crippen LogP contribution in [-0.2, 0) is 37.8 Å². The van der Waals surface area contributed by atoms with E-state index in [9.17, 15) is 14.7 Å². The largest absolute Gasteiger partial charge is 0.382 e. The highest BCUT2D eigenvalue weighted by molar-refractivity contribution is 6.72. The summed E-state index contributed by atoms with van der Waals surface area (Å²) >= 11 is 0. The molecule has 3 aromatic carbocycles. The number of ether oxygens (including phenoxy) is 1. The van der Waals surface area contributed by atoms with Gasteiger partial charge in [0.1, 0.15) is 11.8 Å². The van der Waals surface area contributed by atoms with Crippen LogP contribution in [0, 0.1) is 5.92 Å². The number of fused-ring (bicyclic) bond motifs is 2. The maximum absolute atomic E-state index is 16.6. The molecule has 4 aliphatic heterocycles. The SMILES string of the molecule is C[C@@H]1[C@@H]([Si](C)(C)F)[C@H](CCn2cc([C@H](O)c3ccccc3)nn2)O[C@@]12C(=O)N(Cc1ccc(N3CCCCC3=O)cc1)c1ccc(N3CCCCC3=O)cc12. The lowest BCUT2D eigenvalue weighted by atomic mass is 9.82. The standard InChI is InChI=1S/C42H49FN6O5Si/c1-28-40(55(2,3)43)36(21-24-46-27-34(44-45-46)39(52)30-11-5-4-6-12-30)54-42(28)33-25-32(48-23-10-8-14-38(48)51)19-20-35(33)49(41(42)53)26-29-15-17-31(18-16-29)47-22-9-7-13-37(47)50/h4-6,11-12,15-20,25,27-28,36,39-40,52H,7-10,13-14,21-24,26H2,1-3H3/t28-,36+,39-,40-,42+/m1/s1. The van der Waals surface area contributed by atoms with Crippen LogP contribution in [0.5, 0.6) is 0 Å². The zero-order valence-corrected chi connectivity index (χ0v) is 32.7. The minimum Gasteiger partial charge on any atom is -0.382 e. The van der Waals surface area contributed by atoms with Gasteiger partial charge in [-0.05, 0) is 86.7 Å². The average Bonchev–Trinajstić information content (AvgIpc) is 3.85. The highest BCUT2D eigenvalue weighted by atomic mass is 28.4. The Morgan fingerprint density at radius 3 is 2.22 bits per heavy atom. The van der Waals surface area contributed by atoms with E-state index in [4.69, 9.17) is 4.74 Å². The summed E-state index contributed by atoms with van der Waals surface area (Å²) in [5.74, 6) is -0.581. The van der Waals surface area contributed by atoms with E-state index < -0.39 is 37.7 Å². The molecule has 0 aliphatic carbocycles. The van der Waals surface area contributed by atoms with Crippen LogP contribution in [0.15, 0.2) is 79.0 Å². The Morgan fingerprint density at radius 2 is 1.56 bits per heavy atom. The second-order valence-electron chi connectivity index (χ2n) is 16.0. The molecule has 5 atom stereocenters. The quantitative estimate of drug-likeness (QED) is 0.139. The fourth-order valence-electron chi connectivity index (χ4n) is 9.37. The number of aliphatic hydroxyl groups is 1. The molecular formula is C42H49FN6O5Si. The van der Waals surface area contributed by atoms with E-state index >= 15 is 8.90 Å². The van der Waals surface area contributed by atoms with Crippen LogP contribution in [0.25, 0.3) is 0 Å². The number of anilines is 3. The molecule has 0 radical (unpaired) electrons. The summed E-state index contributed by atoms with van der Waals surface area (Å²) in [6.07, 6.45) is 5.17. The molecule has 55 heavy (non-hydrogen) atoms. The van der Waals surface area contributed by atoms with Crippen molar-refractivity contribution >= 4 is 43.2 Å². The number of piperidine rings is 2. The molecule has 288 valence electrons. The van der Waals surface area contributed by atoms with Gasteiger partial charge in [0.2, 0.25) is 20.2 Å². The summed E-state index contributed by atoms with van der Waals surface area (Å²) in [5.41, 5.74) is 2.92. The molecule has 5 heterocycles. The van der Waals surface area contributed by atoms with E-state index in [0.717, 1.165) is 36.9 Å². The average molecular weight is 765 g/mol. The molecule has 11 nitrogen and oxygen atoms in total. The van der Waals surface area contributed by atoms with E-state index in [0.29, 0.717) is 67.1 Å². The van der Waals surface area contributed by atoms with E-state index in [1.165, 1.54) is 0 Å². The number of halogens is 1. The number of aromatic nitrogens is 3. The molecule has 1 N–H and O–H groups in total. The zero-order valence-electron chi connectivity index (χ0n) is 31.7. The van der Waals surface area contributed by atoms with E-state index in [2.05, 4.69) is 10.3 Å². The number of hydrogen-bond donors (Lipinski definition) is 1. The van der Waals surface area contributed by atoms with Gasteiger partial charge in [-0.2, -0.15) is 0 Å². The molecule has 1 spiro atoms. The molecule has 0 bridgehead atoms. The summed E-state index contributed by atoms with van der Waals surface area (Å²) < 4.78 is 25.3. The van der Waals surface area contributed by atoms with Crippen LogP contribution in [0.3, 0.4) is 0 Å². The summed E-state index contributed by atoms with van der Waals surface area (Å²) in [6, 6.07) is 22.8. The van der Waals surface area contributed by atoms with Gasteiger partial charge in [-0.15, -0.1) is 5.10 Å². The van der Waals surface area contributed by atoms with Crippen molar-refractivity contribution in [3.8, 4) is 0 Å². The fourth-order valence-corrected chi connectivity index (χ4v) is 11.9. The van der Waals surface area contributed by atoms with Crippen molar-refractivity contribution in [2.45, 2.75) is 101 Å². The normalized spacial score (nSPS) is 24.9. The third-order valence-electron chi connectivity index (χ3n) is 12.1. The van der Waals surface area contributed by atoms with E-state index in [1.54, 1.807) is 33.8 Å². The van der Waals surface area contributed by atoms with Gasteiger partial charge < -0.3 is 28.7 Å². The number of amides is 3. The van der Waals surface area contributed by atoms with Crippen LogP contribution < -0.4 is 14.7 Å². The Bertz CT molecular complexity index is 2070. The number of aryl methyl sites for hydroxylation is 1. The van der Waals surface area contributed by atoms with Crippen LogP contribution in [0.1, 0.15) is 80.4 Å². The van der Waals surface area contributed by atoms with E-state index in [1.807, 2.05) is 84.6 Å². The van der Waals surface area contributed by atoms with Crippen molar-refractivity contribution in [2.24, 2.45) is 5.92 Å². The molecule has 8 rings (SSSR count). The Hall–Kier alpha value is -4.72. The number of benzene rings is 3. The Labute approximate surface area is 322 Å². The maximum Gasteiger partial charge on any atom is 0.264 e. The van der Waals surface area contributed by atoms with Gasteiger partial charge in [0.05, 0.1) is 24.5 Å². The van der Waals surface area contributed by atoms with Gasteiger partial charge in [0.15, 0.2) is 5.60 Å². The summed E-state index contributed by atoms with van der Waals surface area (Å²) in [7, 11) is -3.45. The van der Waals surface area contributed by atoms with Gasteiger partial charge in [0, 0.05) is 60.9 Å².